The van der Waals surface area contributed by atoms with Gasteiger partial charge >= 0.3 is 6.18 Å². The summed E-state index contributed by atoms with van der Waals surface area (Å²) >= 11 is 0. The first-order chi connectivity index (χ1) is 14.5. The standard InChI is InChI=1S/C22H24F3N3O3/c1-13(2)18-9-15(14(3)8-19(18)31-4)12-26-28-21(30)11-20(29)27-17-7-5-6-16(10-17)22(23,24)25/h5-10,12-13H,11H2,1-4H3,(H,27,29)(H,28,30). The maximum atomic E-state index is 12.7. The second-order valence-corrected chi connectivity index (χ2v) is 7.20. The predicted octanol–water partition coefficient (Wildman–Crippen LogP) is 4.62. The van der Waals surface area contributed by atoms with E-state index >= 15 is 0 Å². The molecule has 0 aliphatic carbocycles. The third kappa shape index (κ3) is 6.84. The number of carbonyl (C=O) groups excluding carboxylic acids is 2. The monoisotopic (exact) mass is 435 g/mol. The number of ether oxygens (including phenoxy) is 1. The van der Waals surface area contributed by atoms with Gasteiger partial charge < -0.3 is 10.1 Å². The van der Waals surface area contributed by atoms with Crippen molar-refractivity contribution in [1.29, 1.82) is 0 Å². The number of hydrogen-bond acceptors (Lipinski definition) is 4. The van der Waals surface area contributed by atoms with E-state index in [4.69, 9.17) is 4.74 Å². The Morgan fingerprint density at radius 2 is 1.87 bits per heavy atom. The van der Waals surface area contributed by atoms with Crippen molar-refractivity contribution in [3.05, 3.63) is 58.7 Å². The van der Waals surface area contributed by atoms with Crippen LogP contribution in [0.15, 0.2) is 41.5 Å². The van der Waals surface area contributed by atoms with Crippen molar-refractivity contribution in [3.63, 3.8) is 0 Å². The molecule has 166 valence electrons. The van der Waals surface area contributed by atoms with Crippen molar-refractivity contribution >= 4 is 23.7 Å². The quantitative estimate of drug-likeness (QED) is 0.378. The van der Waals surface area contributed by atoms with E-state index in [0.29, 0.717) is 0 Å². The van der Waals surface area contributed by atoms with Gasteiger partial charge in [0.1, 0.15) is 12.2 Å². The van der Waals surface area contributed by atoms with Crippen LogP contribution in [-0.4, -0.2) is 25.1 Å². The lowest BCUT2D eigenvalue weighted by Crippen LogP contribution is -2.24. The summed E-state index contributed by atoms with van der Waals surface area (Å²) in [5.74, 6) is -0.470. The number of benzene rings is 2. The zero-order chi connectivity index (χ0) is 23.2. The molecule has 31 heavy (non-hydrogen) atoms. The molecule has 2 N–H and O–H groups in total. The normalized spacial score (nSPS) is 11.6. The van der Waals surface area contributed by atoms with E-state index in [2.05, 4.69) is 15.8 Å². The first-order valence-corrected chi connectivity index (χ1v) is 9.48. The van der Waals surface area contributed by atoms with E-state index in [0.717, 1.165) is 34.6 Å². The highest BCUT2D eigenvalue weighted by Gasteiger charge is 2.30. The summed E-state index contributed by atoms with van der Waals surface area (Å²) in [5, 5.41) is 6.14. The number of rotatable bonds is 7. The zero-order valence-corrected chi connectivity index (χ0v) is 17.6. The summed E-state index contributed by atoms with van der Waals surface area (Å²) in [6.45, 7) is 5.93. The maximum Gasteiger partial charge on any atom is 0.416 e. The first kappa shape index (κ1) is 23.9. The van der Waals surface area contributed by atoms with Gasteiger partial charge in [-0.15, -0.1) is 0 Å². The molecule has 2 rings (SSSR count). The molecule has 0 fully saturated rings. The average molecular weight is 435 g/mol. The molecule has 0 aliphatic heterocycles. The first-order valence-electron chi connectivity index (χ1n) is 9.48. The summed E-state index contributed by atoms with van der Waals surface area (Å²) < 4.78 is 43.6. The zero-order valence-electron chi connectivity index (χ0n) is 17.6. The molecule has 0 heterocycles. The van der Waals surface area contributed by atoms with Crippen molar-refractivity contribution in [2.75, 3.05) is 12.4 Å². The lowest BCUT2D eigenvalue weighted by atomic mass is 9.97. The van der Waals surface area contributed by atoms with Crippen molar-refractivity contribution in [2.24, 2.45) is 5.10 Å². The minimum atomic E-state index is -4.53. The molecule has 0 saturated heterocycles. The van der Waals surface area contributed by atoms with Gasteiger partial charge in [0.05, 0.1) is 18.9 Å². The molecular weight excluding hydrogens is 411 g/mol. The molecule has 2 amide bonds. The van der Waals surface area contributed by atoms with Gasteiger partial charge in [0, 0.05) is 5.69 Å². The van der Waals surface area contributed by atoms with Crippen molar-refractivity contribution in [2.45, 2.75) is 39.3 Å². The molecule has 0 spiro atoms. The number of nitrogens with one attached hydrogen (secondary N) is 2. The summed E-state index contributed by atoms with van der Waals surface area (Å²) in [6, 6.07) is 7.96. The molecule has 0 saturated carbocycles. The molecule has 9 heteroatoms. The van der Waals surface area contributed by atoms with E-state index in [-0.39, 0.29) is 11.6 Å². The smallest absolute Gasteiger partial charge is 0.416 e. The largest absolute Gasteiger partial charge is 0.496 e. The van der Waals surface area contributed by atoms with Crippen LogP contribution in [-0.2, 0) is 15.8 Å². The fourth-order valence-electron chi connectivity index (χ4n) is 2.82. The molecule has 0 aliphatic rings. The summed E-state index contributed by atoms with van der Waals surface area (Å²) in [6.07, 6.45) is -3.66. The highest BCUT2D eigenvalue weighted by atomic mass is 19.4. The maximum absolute atomic E-state index is 12.7. The van der Waals surface area contributed by atoms with Gasteiger partial charge in [-0.3, -0.25) is 9.59 Å². The third-order valence-corrected chi connectivity index (χ3v) is 4.43. The molecule has 2 aromatic rings. The Hall–Kier alpha value is -3.36. The Morgan fingerprint density at radius 1 is 1.16 bits per heavy atom. The molecule has 0 radical (unpaired) electrons. The molecule has 0 unspecified atom stereocenters. The summed E-state index contributed by atoms with van der Waals surface area (Å²) in [5.41, 5.74) is 3.96. The van der Waals surface area contributed by atoms with Crippen LogP contribution in [0.3, 0.4) is 0 Å². The van der Waals surface area contributed by atoms with Crippen LogP contribution in [0.1, 0.15) is 48.4 Å². The Kier molecular flexibility index (Phi) is 7.79. The molecule has 0 atom stereocenters. The molecule has 2 aromatic carbocycles. The Bertz CT molecular complexity index is 986. The molecule has 0 bridgehead atoms. The number of carbonyl (C=O) groups is 2. The van der Waals surface area contributed by atoms with E-state index in [1.807, 2.05) is 32.9 Å². The third-order valence-electron chi connectivity index (χ3n) is 4.43. The number of alkyl halides is 3. The molecule has 0 aromatic heterocycles. The lowest BCUT2D eigenvalue weighted by molar-refractivity contribution is -0.137. The number of methoxy groups -OCH3 is 1. The van der Waals surface area contributed by atoms with Crippen LogP contribution in [0.5, 0.6) is 5.75 Å². The summed E-state index contributed by atoms with van der Waals surface area (Å²) in [4.78, 5) is 23.9. The Morgan fingerprint density at radius 3 is 2.48 bits per heavy atom. The minimum absolute atomic E-state index is 0.0498. The van der Waals surface area contributed by atoms with E-state index < -0.39 is 30.0 Å². The van der Waals surface area contributed by atoms with E-state index in [1.54, 1.807) is 7.11 Å². The highest BCUT2D eigenvalue weighted by molar-refractivity contribution is 6.03. The average Bonchev–Trinajstić information content (AvgIpc) is 2.68. The number of aryl methyl sites for hydroxylation is 1. The number of halogens is 3. The van der Waals surface area contributed by atoms with Gasteiger partial charge in [-0.25, -0.2) is 5.43 Å². The topological polar surface area (TPSA) is 79.8 Å². The second kappa shape index (κ2) is 10.1. The molecule has 6 nitrogen and oxygen atoms in total. The van der Waals surface area contributed by atoms with Crippen LogP contribution in [0.4, 0.5) is 18.9 Å². The van der Waals surface area contributed by atoms with Crippen LogP contribution >= 0.6 is 0 Å². The van der Waals surface area contributed by atoms with Gasteiger partial charge in [0.15, 0.2) is 0 Å². The highest BCUT2D eigenvalue weighted by Crippen LogP contribution is 2.31. The fraction of sp³-hybridized carbons (Fsp3) is 0.318. The molecular formula is C22H24F3N3O3. The minimum Gasteiger partial charge on any atom is -0.496 e. The van der Waals surface area contributed by atoms with Gasteiger partial charge in [-0.1, -0.05) is 19.9 Å². The van der Waals surface area contributed by atoms with Crippen molar-refractivity contribution in [1.82, 2.24) is 5.43 Å². The number of amides is 2. The number of hydrogen-bond donors (Lipinski definition) is 2. The van der Waals surface area contributed by atoms with Crippen LogP contribution < -0.4 is 15.5 Å². The SMILES string of the molecule is COc1cc(C)c(C=NNC(=O)CC(=O)Nc2cccc(C(F)(F)F)c2)cc1C(C)C. The lowest BCUT2D eigenvalue weighted by Gasteiger charge is -2.14. The van der Waals surface area contributed by atoms with Crippen LogP contribution in [0.25, 0.3) is 0 Å². The second-order valence-electron chi connectivity index (χ2n) is 7.20. The number of hydrazone groups is 1. The fourth-order valence-corrected chi connectivity index (χ4v) is 2.82. The van der Waals surface area contributed by atoms with Crippen molar-refractivity contribution < 1.29 is 27.5 Å². The Balaban J connectivity index is 1.97. The van der Waals surface area contributed by atoms with Crippen LogP contribution in [0.2, 0.25) is 0 Å². The number of anilines is 1. The van der Waals surface area contributed by atoms with Gasteiger partial charge in [-0.2, -0.15) is 18.3 Å². The van der Waals surface area contributed by atoms with Gasteiger partial charge in [0.2, 0.25) is 11.8 Å². The Labute approximate surface area is 178 Å². The van der Waals surface area contributed by atoms with Gasteiger partial charge in [-0.05, 0) is 59.9 Å². The predicted molar refractivity (Wildman–Crippen MR) is 112 cm³/mol. The van der Waals surface area contributed by atoms with Crippen LogP contribution in [0, 0.1) is 6.92 Å². The van der Waals surface area contributed by atoms with Gasteiger partial charge in [0.25, 0.3) is 0 Å². The van der Waals surface area contributed by atoms with E-state index in [9.17, 15) is 22.8 Å². The number of nitrogens with zero attached hydrogens (tertiary/aromatic N) is 1. The summed E-state index contributed by atoms with van der Waals surface area (Å²) in [7, 11) is 1.60. The van der Waals surface area contributed by atoms with Crippen molar-refractivity contribution in [3.8, 4) is 5.75 Å². The van der Waals surface area contributed by atoms with E-state index in [1.165, 1.54) is 18.3 Å².